The molecule has 2 nitrogen and oxygen atoms in total. The third-order valence-corrected chi connectivity index (χ3v) is 2.20. The first-order valence-corrected chi connectivity index (χ1v) is 4.93. The van der Waals surface area contributed by atoms with Gasteiger partial charge in [-0.25, -0.2) is 0 Å². The maximum absolute atomic E-state index is 10.8. The summed E-state index contributed by atoms with van der Waals surface area (Å²) in [5.41, 5.74) is 2.51. The normalized spacial score (nSPS) is 10.3. The van der Waals surface area contributed by atoms with Crippen LogP contribution in [0.3, 0.4) is 0 Å². The van der Waals surface area contributed by atoms with Crippen molar-refractivity contribution in [2.75, 3.05) is 0 Å². The number of hydrogen-bond acceptors (Lipinski definition) is 1. The van der Waals surface area contributed by atoms with Crippen molar-refractivity contribution in [3.63, 3.8) is 0 Å². The van der Waals surface area contributed by atoms with E-state index in [9.17, 15) is 4.79 Å². The van der Waals surface area contributed by atoms with Crippen molar-refractivity contribution in [3.05, 3.63) is 35.4 Å². The van der Waals surface area contributed by atoms with E-state index < -0.39 is 0 Å². The summed E-state index contributed by atoms with van der Waals surface area (Å²) in [5, 5.41) is 2.82. The van der Waals surface area contributed by atoms with E-state index in [0.717, 1.165) is 0 Å². The number of benzene rings is 1. The van der Waals surface area contributed by atoms with Crippen LogP contribution in [0.4, 0.5) is 0 Å². The monoisotopic (exact) mass is 191 g/mol. The molecule has 0 unspecified atom stereocenters. The molecular formula is C12H17NO. The van der Waals surface area contributed by atoms with Crippen molar-refractivity contribution in [1.82, 2.24) is 5.32 Å². The van der Waals surface area contributed by atoms with Crippen LogP contribution in [0.5, 0.6) is 0 Å². The minimum absolute atomic E-state index is 0.0172. The minimum Gasteiger partial charge on any atom is -0.352 e. The lowest BCUT2D eigenvalue weighted by Gasteiger charge is -2.12. The Morgan fingerprint density at radius 2 is 2.00 bits per heavy atom. The van der Waals surface area contributed by atoms with Crippen molar-refractivity contribution in [3.8, 4) is 0 Å². The molecule has 0 fully saturated rings. The fraction of sp³-hybridized carbons (Fsp3) is 0.417. The molecule has 0 heterocycles. The van der Waals surface area contributed by atoms with Gasteiger partial charge in [0.05, 0.1) is 0 Å². The highest BCUT2D eigenvalue weighted by Crippen LogP contribution is 2.18. The van der Waals surface area contributed by atoms with Crippen LogP contribution in [0.15, 0.2) is 24.3 Å². The number of rotatable bonds is 3. The number of hydrogen-bond donors (Lipinski definition) is 1. The standard InChI is InChI=1S/C12H17NO/c1-9(2)12-7-5-4-6-11(12)8-13-10(3)14/h4-7,9H,8H2,1-3H3,(H,13,14). The van der Waals surface area contributed by atoms with E-state index in [2.05, 4.69) is 31.3 Å². The first-order chi connectivity index (χ1) is 6.61. The van der Waals surface area contributed by atoms with Gasteiger partial charge in [0.2, 0.25) is 5.91 Å². The molecule has 2 heteroatoms. The van der Waals surface area contributed by atoms with E-state index in [1.54, 1.807) is 0 Å². The smallest absolute Gasteiger partial charge is 0.217 e. The van der Waals surface area contributed by atoms with Crippen molar-refractivity contribution in [2.24, 2.45) is 0 Å². The van der Waals surface area contributed by atoms with Gasteiger partial charge in [0, 0.05) is 13.5 Å². The lowest BCUT2D eigenvalue weighted by Crippen LogP contribution is -2.19. The van der Waals surface area contributed by atoms with Gasteiger partial charge < -0.3 is 5.32 Å². The summed E-state index contributed by atoms with van der Waals surface area (Å²) in [6.45, 7) is 6.49. The number of amides is 1. The van der Waals surface area contributed by atoms with Gasteiger partial charge in [-0.1, -0.05) is 38.1 Å². The van der Waals surface area contributed by atoms with Gasteiger partial charge in [-0.05, 0) is 17.0 Å². The Morgan fingerprint density at radius 1 is 1.36 bits per heavy atom. The van der Waals surface area contributed by atoms with Crippen LogP contribution in [0.1, 0.15) is 37.8 Å². The summed E-state index contributed by atoms with van der Waals surface area (Å²) in [6.07, 6.45) is 0. The van der Waals surface area contributed by atoms with Crippen molar-refractivity contribution in [2.45, 2.75) is 33.2 Å². The van der Waals surface area contributed by atoms with E-state index >= 15 is 0 Å². The molecule has 0 aliphatic heterocycles. The fourth-order valence-electron chi connectivity index (χ4n) is 1.48. The first kappa shape index (κ1) is 10.8. The van der Waals surface area contributed by atoms with Gasteiger partial charge in [-0.15, -0.1) is 0 Å². The van der Waals surface area contributed by atoms with Crippen molar-refractivity contribution < 1.29 is 4.79 Å². The Balaban J connectivity index is 2.79. The second-order valence-electron chi connectivity index (χ2n) is 3.76. The maximum atomic E-state index is 10.8. The average Bonchev–Trinajstić information content (AvgIpc) is 2.15. The molecule has 1 aromatic rings. The second-order valence-corrected chi connectivity index (χ2v) is 3.76. The van der Waals surface area contributed by atoms with Crippen LogP contribution >= 0.6 is 0 Å². The summed E-state index contributed by atoms with van der Waals surface area (Å²) in [5.74, 6) is 0.517. The van der Waals surface area contributed by atoms with Crippen LogP contribution in [0, 0.1) is 0 Å². The Morgan fingerprint density at radius 3 is 2.57 bits per heavy atom. The molecule has 1 amide bonds. The van der Waals surface area contributed by atoms with Crippen LogP contribution in [-0.2, 0) is 11.3 Å². The summed E-state index contributed by atoms with van der Waals surface area (Å²) in [7, 11) is 0. The predicted octanol–water partition coefficient (Wildman–Crippen LogP) is 2.45. The summed E-state index contributed by atoms with van der Waals surface area (Å²) in [6, 6.07) is 8.21. The number of carbonyl (C=O) groups is 1. The summed E-state index contributed by atoms with van der Waals surface area (Å²) in [4.78, 5) is 10.8. The topological polar surface area (TPSA) is 29.1 Å². The number of nitrogens with one attached hydrogen (secondary N) is 1. The predicted molar refractivity (Wildman–Crippen MR) is 58.1 cm³/mol. The summed E-state index contributed by atoms with van der Waals surface area (Å²) >= 11 is 0. The van der Waals surface area contributed by atoms with Gasteiger partial charge in [0.1, 0.15) is 0 Å². The van der Waals surface area contributed by atoms with Crippen LogP contribution in [-0.4, -0.2) is 5.91 Å². The molecule has 14 heavy (non-hydrogen) atoms. The highest BCUT2D eigenvalue weighted by molar-refractivity contribution is 5.72. The molecule has 0 aliphatic rings. The highest BCUT2D eigenvalue weighted by Gasteiger charge is 2.05. The molecule has 0 saturated carbocycles. The van der Waals surface area contributed by atoms with E-state index in [4.69, 9.17) is 0 Å². The second kappa shape index (κ2) is 4.80. The van der Waals surface area contributed by atoms with E-state index in [0.29, 0.717) is 12.5 Å². The third kappa shape index (κ3) is 2.87. The van der Waals surface area contributed by atoms with Gasteiger partial charge >= 0.3 is 0 Å². The van der Waals surface area contributed by atoms with Crippen LogP contribution in [0.25, 0.3) is 0 Å². The first-order valence-electron chi connectivity index (χ1n) is 4.93. The molecular weight excluding hydrogens is 174 g/mol. The molecule has 0 spiro atoms. The Kier molecular flexibility index (Phi) is 3.69. The lowest BCUT2D eigenvalue weighted by molar-refractivity contribution is -0.119. The zero-order valence-electron chi connectivity index (χ0n) is 9.00. The largest absolute Gasteiger partial charge is 0.352 e. The molecule has 0 radical (unpaired) electrons. The zero-order chi connectivity index (χ0) is 10.6. The highest BCUT2D eigenvalue weighted by atomic mass is 16.1. The van der Waals surface area contributed by atoms with Crippen molar-refractivity contribution >= 4 is 5.91 Å². The van der Waals surface area contributed by atoms with Gasteiger partial charge in [0.15, 0.2) is 0 Å². The molecule has 76 valence electrons. The molecule has 0 aliphatic carbocycles. The molecule has 1 rings (SSSR count). The Bertz CT molecular complexity index is 318. The molecule has 0 bridgehead atoms. The molecule has 1 N–H and O–H groups in total. The SMILES string of the molecule is CC(=O)NCc1ccccc1C(C)C. The Labute approximate surface area is 85.3 Å². The number of carbonyl (C=O) groups excluding carboxylic acids is 1. The molecule has 0 saturated heterocycles. The van der Waals surface area contributed by atoms with Gasteiger partial charge in [-0.3, -0.25) is 4.79 Å². The lowest BCUT2D eigenvalue weighted by atomic mass is 9.97. The molecule has 0 aromatic heterocycles. The van der Waals surface area contributed by atoms with Crippen LogP contribution < -0.4 is 5.32 Å². The Hall–Kier alpha value is -1.31. The van der Waals surface area contributed by atoms with E-state index in [-0.39, 0.29) is 5.91 Å². The fourth-order valence-corrected chi connectivity index (χ4v) is 1.48. The van der Waals surface area contributed by atoms with Crippen molar-refractivity contribution in [1.29, 1.82) is 0 Å². The van der Waals surface area contributed by atoms with Gasteiger partial charge in [-0.2, -0.15) is 0 Å². The maximum Gasteiger partial charge on any atom is 0.217 e. The average molecular weight is 191 g/mol. The molecule has 1 aromatic carbocycles. The van der Waals surface area contributed by atoms with E-state index in [1.165, 1.54) is 18.1 Å². The summed E-state index contributed by atoms with van der Waals surface area (Å²) < 4.78 is 0. The quantitative estimate of drug-likeness (QED) is 0.781. The third-order valence-electron chi connectivity index (χ3n) is 2.20. The van der Waals surface area contributed by atoms with E-state index in [1.807, 2.05) is 12.1 Å². The van der Waals surface area contributed by atoms with Crippen LogP contribution in [0.2, 0.25) is 0 Å². The van der Waals surface area contributed by atoms with Gasteiger partial charge in [0.25, 0.3) is 0 Å². The minimum atomic E-state index is 0.0172. The molecule has 0 atom stereocenters. The zero-order valence-corrected chi connectivity index (χ0v) is 9.00.